The van der Waals surface area contributed by atoms with Crippen molar-refractivity contribution in [3.63, 3.8) is 0 Å². The highest BCUT2D eigenvalue weighted by Gasteiger charge is 2.48. The van der Waals surface area contributed by atoms with Crippen molar-refractivity contribution >= 4 is 23.6 Å². The summed E-state index contributed by atoms with van der Waals surface area (Å²) < 4.78 is 0. The predicted octanol–water partition coefficient (Wildman–Crippen LogP) is 0.183. The zero-order chi connectivity index (χ0) is 12.7. The summed E-state index contributed by atoms with van der Waals surface area (Å²) in [6.07, 6.45) is 3.45. The smallest absolute Gasteiger partial charge is 0.327 e. The van der Waals surface area contributed by atoms with Crippen LogP contribution in [0.1, 0.15) is 23.3 Å². The number of nitrogens with one attached hydrogen (secondary N) is 1. The third-order valence-electron chi connectivity index (χ3n) is 3.21. The molecule has 0 spiro atoms. The Hall–Kier alpha value is -1.57. The molecule has 1 saturated carbocycles. The highest BCUT2D eigenvalue weighted by Crippen LogP contribution is 2.45. The summed E-state index contributed by atoms with van der Waals surface area (Å²) in [5.41, 5.74) is 0.175. The minimum Gasteiger partial charge on any atom is -0.480 e. The molecule has 1 saturated heterocycles. The van der Waals surface area contributed by atoms with E-state index in [1.165, 1.54) is 11.1 Å². The number of aliphatic carboxylic acids is 1. The molecule has 3 rings (SSSR count). The molecule has 7 nitrogen and oxygen atoms in total. The largest absolute Gasteiger partial charge is 0.480 e. The van der Waals surface area contributed by atoms with Crippen LogP contribution in [0.3, 0.4) is 0 Å². The lowest BCUT2D eigenvalue weighted by Crippen LogP contribution is -2.46. The highest BCUT2D eigenvalue weighted by molar-refractivity contribution is 8.00. The Morgan fingerprint density at radius 3 is 2.83 bits per heavy atom. The maximum Gasteiger partial charge on any atom is 0.327 e. The maximum atomic E-state index is 12.3. The minimum absolute atomic E-state index is 0.0321. The number of carbonyl (C=O) groups excluding carboxylic acids is 1. The van der Waals surface area contributed by atoms with Gasteiger partial charge in [0.05, 0.1) is 11.6 Å². The fraction of sp³-hybridized carbons (Fsp3) is 0.600. The lowest BCUT2D eigenvalue weighted by molar-refractivity contribution is -0.141. The van der Waals surface area contributed by atoms with Crippen molar-refractivity contribution in [2.24, 2.45) is 5.92 Å². The first kappa shape index (κ1) is 11.5. The molecule has 2 unspecified atom stereocenters. The van der Waals surface area contributed by atoms with E-state index in [1.54, 1.807) is 11.8 Å². The molecule has 2 atom stereocenters. The molecule has 1 aromatic heterocycles. The van der Waals surface area contributed by atoms with Crippen LogP contribution >= 0.6 is 11.8 Å². The van der Waals surface area contributed by atoms with Crippen LogP contribution in [0.2, 0.25) is 0 Å². The molecule has 18 heavy (non-hydrogen) atoms. The van der Waals surface area contributed by atoms with Gasteiger partial charge in [0.25, 0.3) is 5.91 Å². The zero-order valence-electron chi connectivity index (χ0n) is 9.44. The molecule has 1 aliphatic heterocycles. The van der Waals surface area contributed by atoms with Crippen LogP contribution in [0, 0.1) is 5.92 Å². The van der Waals surface area contributed by atoms with Crippen molar-refractivity contribution in [1.29, 1.82) is 0 Å². The van der Waals surface area contributed by atoms with E-state index in [0.717, 1.165) is 12.8 Å². The van der Waals surface area contributed by atoms with Gasteiger partial charge in [-0.2, -0.15) is 15.4 Å². The Morgan fingerprint density at radius 2 is 2.28 bits per heavy atom. The number of carbonyl (C=O) groups is 2. The van der Waals surface area contributed by atoms with Gasteiger partial charge in [-0.25, -0.2) is 4.79 Å². The Labute approximate surface area is 107 Å². The Balaban J connectivity index is 1.88. The third kappa shape index (κ3) is 1.86. The van der Waals surface area contributed by atoms with Gasteiger partial charge >= 0.3 is 5.97 Å². The fourth-order valence-corrected chi connectivity index (χ4v) is 3.79. The van der Waals surface area contributed by atoms with Crippen LogP contribution in [0.25, 0.3) is 0 Å². The van der Waals surface area contributed by atoms with Gasteiger partial charge in [-0.15, -0.1) is 11.8 Å². The van der Waals surface area contributed by atoms with Crippen LogP contribution in [0.5, 0.6) is 0 Å². The summed E-state index contributed by atoms with van der Waals surface area (Å²) in [4.78, 5) is 25.0. The molecule has 8 heteroatoms. The van der Waals surface area contributed by atoms with Crippen LogP contribution in [0.15, 0.2) is 6.20 Å². The second-order valence-electron chi connectivity index (χ2n) is 4.48. The molecule has 2 fully saturated rings. The number of hydrogen-bond acceptors (Lipinski definition) is 5. The first-order valence-electron chi connectivity index (χ1n) is 5.71. The number of hydrogen-bond donors (Lipinski definition) is 2. The van der Waals surface area contributed by atoms with E-state index in [-0.39, 0.29) is 17.0 Å². The average Bonchev–Trinajstić information content (AvgIpc) is 2.91. The predicted molar refractivity (Wildman–Crippen MR) is 62.9 cm³/mol. The Bertz CT molecular complexity index is 473. The number of amides is 1. The number of carboxylic acid groups (broad SMARTS) is 1. The summed E-state index contributed by atoms with van der Waals surface area (Å²) in [5, 5.41) is 18.9. The molecule has 96 valence electrons. The Morgan fingerprint density at radius 1 is 1.50 bits per heavy atom. The van der Waals surface area contributed by atoms with Crippen LogP contribution < -0.4 is 0 Å². The Kier molecular flexibility index (Phi) is 2.73. The molecule has 1 amide bonds. The second kappa shape index (κ2) is 4.27. The summed E-state index contributed by atoms with van der Waals surface area (Å²) in [5.74, 6) is -0.434. The topological polar surface area (TPSA) is 99.2 Å². The normalized spacial score (nSPS) is 27.4. The molecule has 2 heterocycles. The molecule has 0 radical (unpaired) electrons. The number of H-pyrrole nitrogens is 1. The molecule has 1 aliphatic carbocycles. The van der Waals surface area contributed by atoms with Gasteiger partial charge in [0, 0.05) is 5.75 Å². The lowest BCUT2D eigenvalue weighted by atomic mass is 10.2. The van der Waals surface area contributed by atoms with Crippen LogP contribution in [0.4, 0.5) is 0 Å². The van der Waals surface area contributed by atoms with Gasteiger partial charge in [-0.3, -0.25) is 4.79 Å². The number of aromatic nitrogens is 3. The summed E-state index contributed by atoms with van der Waals surface area (Å²) >= 11 is 1.55. The SMILES string of the molecule is O=C(O)C1CSC(C2CC2)N1C(=O)c1cn[nH]n1. The zero-order valence-corrected chi connectivity index (χ0v) is 10.3. The molecule has 0 bridgehead atoms. The summed E-state index contributed by atoms with van der Waals surface area (Å²) in [7, 11) is 0. The van der Waals surface area contributed by atoms with Gasteiger partial charge < -0.3 is 10.0 Å². The van der Waals surface area contributed by atoms with E-state index in [4.69, 9.17) is 0 Å². The number of thioether (sulfide) groups is 1. The van der Waals surface area contributed by atoms with Crippen molar-refractivity contribution < 1.29 is 14.7 Å². The number of rotatable bonds is 3. The van der Waals surface area contributed by atoms with Crippen molar-refractivity contribution in [1.82, 2.24) is 20.3 Å². The summed E-state index contributed by atoms with van der Waals surface area (Å²) in [6, 6.07) is -0.759. The summed E-state index contributed by atoms with van der Waals surface area (Å²) in [6.45, 7) is 0. The second-order valence-corrected chi connectivity index (χ2v) is 5.63. The molecule has 0 aromatic carbocycles. The van der Waals surface area contributed by atoms with E-state index in [9.17, 15) is 14.7 Å². The standard InChI is InChI=1S/C10H12N4O3S/c15-8(6-3-11-13-12-6)14-7(10(16)17)4-18-9(14)5-1-2-5/h3,5,7,9H,1-2,4H2,(H,16,17)(H,11,12,13). The molecular formula is C10H12N4O3S. The van der Waals surface area contributed by atoms with E-state index >= 15 is 0 Å². The molecule has 1 aromatic rings. The van der Waals surface area contributed by atoms with Crippen molar-refractivity contribution in [2.45, 2.75) is 24.3 Å². The molecule has 2 N–H and O–H groups in total. The third-order valence-corrected chi connectivity index (χ3v) is 4.68. The maximum absolute atomic E-state index is 12.3. The number of carboxylic acids is 1. The van der Waals surface area contributed by atoms with Gasteiger partial charge in [0.15, 0.2) is 5.69 Å². The highest BCUT2D eigenvalue weighted by atomic mass is 32.2. The van der Waals surface area contributed by atoms with Crippen LogP contribution in [-0.2, 0) is 4.79 Å². The van der Waals surface area contributed by atoms with E-state index in [2.05, 4.69) is 15.4 Å². The van der Waals surface area contributed by atoms with Gasteiger partial charge in [-0.1, -0.05) is 0 Å². The lowest BCUT2D eigenvalue weighted by Gasteiger charge is -2.26. The minimum atomic E-state index is -0.956. The number of nitrogens with zero attached hydrogens (tertiary/aromatic N) is 3. The fourth-order valence-electron chi connectivity index (χ4n) is 2.16. The van der Waals surface area contributed by atoms with Crippen molar-refractivity contribution in [3.05, 3.63) is 11.9 Å². The van der Waals surface area contributed by atoms with Gasteiger partial charge in [0.2, 0.25) is 0 Å². The van der Waals surface area contributed by atoms with Crippen LogP contribution in [-0.4, -0.2) is 54.5 Å². The first-order valence-corrected chi connectivity index (χ1v) is 6.76. The van der Waals surface area contributed by atoms with E-state index < -0.39 is 12.0 Å². The average molecular weight is 268 g/mol. The van der Waals surface area contributed by atoms with Gasteiger partial charge in [-0.05, 0) is 18.8 Å². The molecular weight excluding hydrogens is 256 g/mol. The van der Waals surface area contributed by atoms with Crippen molar-refractivity contribution in [2.75, 3.05) is 5.75 Å². The number of aromatic amines is 1. The van der Waals surface area contributed by atoms with Gasteiger partial charge in [0.1, 0.15) is 6.04 Å². The van der Waals surface area contributed by atoms with E-state index in [1.807, 2.05) is 0 Å². The van der Waals surface area contributed by atoms with Crippen molar-refractivity contribution in [3.8, 4) is 0 Å². The monoisotopic (exact) mass is 268 g/mol. The first-order chi connectivity index (χ1) is 8.68. The van der Waals surface area contributed by atoms with E-state index in [0.29, 0.717) is 11.7 Å². The quantitative estimate of drug-likeness (QED) is 0.811. The molecule has 2 aliphatic rings.